The van der Waals surface area contributed by atoms with Crippen LogP contribution in [0, 0.1) is 0 Å². The van der Waals surface area contributed by atoms with Crippen molar-refractivity contribution in [1.29, 1.82) is 0 Å². The Labute approximate surface area is 213 Å². The Bertz CT molecular complexity index is 1740. The molecule has 4 aliphatic rings. The number of hydrogen-bond donors (Lipinski definition) is 0. The molecule has 1 atom stereocenters. The van der Waals surface area contributed by atoms with E-state index in [9.17, 15) is 0 Å². The molecule has 4 aliphatic carbocycles. The van der Waals surface area contributed by atoms with Crippen LogP contribution in [0.4, 0.5) is 0 Å². The number of benzene rings is 4. The van der Waals surface area contributed by atoms with Gasteiger partial charge in [-0.15, -0.1) is 0 Å². The molecule has 0 heteroatoms. The first-order chi connectivity index (χ1) is 17.4. The normalized spacial score (nSPS) is 21.1. The molecule has 8 rings (SSSR count). The summed E-state index contributed by atoms with van der Waals surface area (Å²) in [7, 11) is 0. The first kappa shape index (κ1) is 20.5. The molecule has 0 saturated carbocycles. The fraction of sp³-hybridized carbons (Fsp3) is 0.222. The van der Waals surface area contributed by atoms with Crippen molar-refractivity contribution in [1.82, 2.24) is 0 Å². The highest BCUT2D eigenvalue weighted by Crippen LogP contribution is 2.64. The van der Waals surface area contributed by atoms with E-state index in [-0.39, 0.29) is 10.8 Å². The average Bonchev–Trinajstić information content (AvgIpc) is 3.13. The van der Waals surface area contributed by atoms with Crippen molar-refractivity contribution in [3.8, 4) is 22.3 Å². The van der Waals surface area contributed by atoms with Gasteiger partial charge < -0.3 is 0 Å². The zero-order valence-electron chi connectivity index (χ0n) is 21.4. The van der Waals surface area contributed by atoms with Gasteiger partial charge in [0, 0.05) is 16.7 Å². The summed E-state index contributed by atoms with van der Waals surface area (Å²) in [6.45, 7) is 9.76. The van der Waals surface area contributed by atoms with Crippen LogP contribution in [0.25, 0.3) is 38.6 Å². The van der Waals surface area contributed by atoms with Crippen LogP contribution in [0.1, 0.15) is 67.9 Å². The monoisotopic (exact) mass is 462 g/mol. The highest BCUT2D eigenvalue weighted by Gasteiger charge is 2.48. The lowest BCUT2D eigenvalue weighted by Gasteiger charge is -2.42. The Kier molecular flexibility index (Phi) is 3.75. The molecule has 0 fully saturated rings. The Morgan fingerprint density at radius 3 is 2.36 bits per heavy atom. The predicted molar refractivity (Wildman–Crippen MR) is 153 cm³/mol. The third-order valence-corrected chi connectivity index (χ3v) is 9.57. The van der Waals surface area contributed by atoms with Gasteiger partial charge in [-0.1, -0.05) is 107 Å². The maximum atomic E-state index is 2.54. The van der Waals surface area contributed by atoms with Crippen LogP contribution >= 0.6 is 0 Å². The van der Waals surface area contributed by atoms with Gasteiger partial charge in [-0.05, 0) is 90.5 Å². The highest BCUT2D eigenvalue weighted by atomic mass is 14.5. The van der Waals surface area contributed by atoms with Crippen molar-refractivity contribution in [2.45, 2.75) is 50.9 Å². The average molecular weight is 463 g/mol. The summed E-state index contributed by atoms with van der Waals surface area (Å²) in [6, 6.07) is 25.5. The van der Waals surface area contributed by atoms with E-state index in [4.69, 9.17) is 0 Å². The molecule has 0 aromatic heterocycles. The molecule has 0 heterocycles. The molecule has 0 saturated heterocycles. The molecule has 0 N–H and O–H groups in total. The van der Waals surface area contributed by atoms with E-state index in [1.54, 1.807) is 0 Å². The van der Waals surface area contributed by atoms with Gasteiger partial charge in [-0.3, -0.25) is 0 Å². The Hall–Kier alpha value is -3.64. The molecule has 0 spiro atoms. The van der Waals surface area contributed by atoms with Crippen molar-refractivity contribution >= 4 is 16.3 Å². The largest absolute Gasteiger partial charge is 0.0836 e. The van der Waals surface area contributed by atoms with Gasteiger partial charge >= 0.3 is 0 Å². The summed E-state index contributed by atoms with van der Waals surface area (Å²) in [6.07, 6.45) is 10.6. The summed E-state index contributed by atoms with van der Waals surface area (Å²) in [5.41, 5.74) is 16.1. The van der Waals surface area contributed by atoms with E-state index in [2.05, 4.69) is 119 Å². The lowest BCUT2D eigenvalue weighted by Crippen LogP contribution is -2.28. The third kappa shape index (κ3) is 2.36. The zero-order valence-corrected chi connectivity index (χ0v) is 21.4. The SMILES string of the molecule is CC1(C)C2=CC3=CC=CCC3c3ccc4c(c32)-c2c1cc(-c1cccc3ccccc13)cc2C4(C)C. The smallest absolute Gasteiger partial charge is 0.0159 e. The van der Waals surface area contributed by atoms with Gasteiger partial charge in [-0.25, -0.2) is 0 Å². The fourth-order valence-electron chi connectivity index (χ4n) is 7.63. The molecule has 1 unspecified atom stereocenters. The van der Waals surface area contributed by atoms with E-state index in [0.29, 0.717) is 5.92 Å². The maximum Gasteiger partial charge on any atom is 0.0159 e. The molecular formula is C36H30. The Balaban J connectivity index is 1.50. The first-order valence-corrected chi connectivity index (χ1v) is 13.3. The van der Waals surface area contributed by atoms with Crippen molar-refractivity contribution in [2.75, 3.05) is 0 Å². The molecule has 36 heavy (non-hydrogen) atoms. The standard InChI is InChI=1S/C36H30/c1-35(2)28-17-16-27-25-14-8-6-11-22(25)18-29-32(27)34(28)33-30(35)19-23(20-31(33)36(29,3)4)26-15-9-12-21-10-5-7-13-24(21)26/h5-13,15-20,25H,14H2,1-4H3. The summed E-state index contributed by atoms with van der Waals surface area (Å²) >= 11 is 0. The minimum absolute atomic E-state index is 0.0246. The lowest BCUT2D eigenvalue weighted by atomic mass is 9.61. The van der Waals surface area contributed by atoms with Crippen LogP contribution in [0.3, 0.4) is 0 Å². The maximum absolute atomic E-state index is 2.54. The van der Waals surface area contributed by atoms with E-state index in [0.717, 1.165) is 6.42 Å². The predicted octanol–water partition coefficient (Wildman–Crippen LogP) is 9.47. The number of fused-ring (bicyclic) bond motifs is 3. The number of hydrogen-bond acceptors (Lipinski definition) is 0. The van der Waals surface area contributed by atoms with Crippen molar-refractivity contribution < 1.29 is 0 Å². The van der Waals surface area contributed by atoms with Gasteiger partial charge in [0.2, 0.25) is 0 Å². The molecule has 0 amide bonds. The Morgan fingerprint density at radius 2 is 1.50 bits per heavy atom. The second kappa shape index (κ2) is 6.56. The van der Waals surface area contributed by atoms with E-state index < -0.39 is 0 Å². The summed E-state index contributed by atoms with van der Waals surface area (Å²) in [5.74, 6) is 0.485. The summed E-state index contributed by atoms with van der Waals surface area (Å²) < 4.78 is 0. The van der Waals surface area contributed by atoms with E-state index in [1.807, 2.05) is 0 Å². The molecule has 0 aliphatic heterocycles. The number of allylic oxidation sites excluding steroid dienone is 6. The summed E-state index contributed by atoms with van der Waals surface area (Å²) in [5, 5.41) is 2.63. The molecule has 4 aromatic rings. The van der Waals surface area contributed by atoms with Gasteiger partial charge in [0.05, 0.1) is 0 Å². The quantitative estimate of drug-likeness (QED) is 0.264. The van der Waals surface area contributed by atoms with Crippen molar-refractivity contribution in [2.24, 2.45) is 0 Å². The van der Waals surface area contributed by atoms with Crippen LogP contribution < -0.4 is 0 Å². The third-order valence-electron chi connectivity index (χ3n) is 9.57. The van der Waals surface area contributed by atoms with Crippen LogP contribution in [0.15, 0.2) is 96.6 Å². The van der Waals surface area contributed by atoms with Gasteiger partial charge in [0.1, 0.15) is 0 Å². The first-order valence-electron chi connectivity index (χ1n) is 13.3. The van der Waals surface area contributed by atoms with Crippen molar-refractivity contribution in [3.05, 3.63) is 124 Å². The van der Waals surface area contributed by atoms with Gasteiger partial charge in [0.15, 0.2) is 0 Å². The van der Waals surface area contributed by atoms with Crippen LogP contribution in [0.2, 0.25) is 0 Å². The van der Waals surface area contributed by atoms with Crippen LogP contribution in [0.5, 0.6) is 0 Å². The van der Waals surface area contributed by atoms with Gasteiger partial charge in [-0.2, -0.15) is 0 Å². The van der Waals surface area contributed by atoms with Crippen molar-refractivity contribution in [3.63, 3.8) is 0 Å². The van der Waals surface area contributed by atoms with Crippen LogP contribution in [-0.2, 0) is 10.8 Å². The second-order valence-corrected chi connectivity index (χ2v) is 12.1. The molecule has 4 aromatic carbocycles. The lowest BCUT2D eigenvalue weighted by molar-refractivity contribution is 0.657. The van der Waals surface area contributed by atoms with E-state index in [1.165, 1.54) is 72.0 Å². The molecular weight excluding hydrogens is 432 g/mol. The minimum Gasteiger partial charge on any atom is -0.0836 e. The second-order valence-electron chi connectivity index (χ2n) is 12.1. The molecule has 0 nitrogen and oxygen atoms in total. The molecule has 0 radical (unpaired) electrons. The molecule has 0 bridgehead atoms. The summed E-state index contributed by atoms with van der Waals surface area (Å²) in [4.78, 5) is 0. The van der Waals surface area contributed by atoms with E-state index >= 15 is 0 Å². The Morgan fingerprint density at radius 1 is 0.722 bits per heavy atom. The highest BCUT2D eigenvalue weighted by molar-refractivity contribution is 6.04. The van der Waals surface area contributed by atoms with Crippen LogP contribution in [-0.4, -0.2) is 0 Å². The topological polar surface area (TPSA) is 0 Å². The minimum atomic E-state index is -0.0710. The molecule has 174 valence electrons. The fourth-order valence-corrected chi connectivity index (χ4v) is 7.63. The zero-order chi connectivity index (χ0) is 24.4. The van der Waals surface area contributed by atoms with Gasteiger partial charge in [0.25, 0.3) is 0 Å². The number of rotatable bonds is 1.